The van der Waals surface area contributed by atoms with Gasteiger partial charge in [0.05, 0.1) is 7.11 Å². The van der Waals surface area contributed by atoms with Crippen LogP contribution in [0.5, 0.6) is 5.75 Å². The molecule has 3 rings (SSSR count). The fraction of sp³-hybridized carbons (Fsp3) is 0.368. The van der Waals surface area contributed by atoms with E-state index in [1.54, 1.807) is 7.11 Å². The molecule has 2 aromatic carbocycles. The summed E-state index contributed by atoms with van der Waals surface area (Å²) >= 11 is 0. The Kier molecular flexibility index (Phi) is 3.98. The molecule has 0 amide bonds. The Bertz CT molecular complexity index is 622. The fourth-order valence-corrected chi connectivity index (χ4v) is 3.49. The van der Waals surface area contributed by atoms with Gasteiger partial charge in [0.15, 0.2) is 0 Å². The Hall–Kier alpha value is -1.80. The molecule has 0 aliphatic heterocycles. The van der Waals surface area contributed by atoms with Gasteiger partial charge >= 0.3 is 0 Å². The minimum absolute atomic E-state index is 0.290. The summed E-state index contributed by atoms with van der Waals surface area (Å²) in [7, 11) is 1.73. The summed E-state index contributed by atoms with van der Waals surface area (Å²) in [5.74, 6) is 0.934. The highest BCUT2D eigenvalue weighted by Gasteiger charge is 2.32. The standard InChI is InChI=1S/C19H23NO/c1-21-18-12-5-3-10-16(18)14-19(20)13-7-6-9-15-8-2-4-11-17(15)19/h2-5,8,10-12H,6-7,9,13-14,20H2,1H3. The van der Waals surface area contributed by atoms with Crippen molar-refractivity contribution in [2.24, 2.45) is 5.73 Å². The molecule has 2 aromatic rings. The molecule has 0 fully saturated rings. The summed E-state index contributed by atoms with van der Waals surface area (Å²) in [4.78, 5) is 0. The first-order valence-electron chi connectivity index (χ1n) is 7.72. The second-order valence-corrected chi connectivity index (χ2v) is 6.01. The van der Waals surface area contributed by atoms with Gasteiger partial charge in [0.2, 0.25) is 0 Å². The van der Waals surface area contributed by atoms with E-state index >= 15 is 0 Å². The summed E-state index contributed by atoms with van der Waals surface area (Å²) < 4.78 is 5.50. The topological polar surface area (TPSA) is 35.2 Å². The van der Waals surface area contributed by atoms with Crippen molar-refractivity contribution < 1.29 is 4.74 Å². The van der Waals surface area contributed by atoms with Gasteiger partial charge in [-0.3, -0.25) is 0 Å². The van der Waals surface area contributed by atoms with Gasteiger partial charge < -0.3 is 10.5 Å². The highest BCUT2D eigenvalue weighted by Crippen LogP contribution is 2.36. The van der Waals surface area contributed by atoms with Crippen molar-refractivity contribution in [2.75, 3.05) is 7.11 Å². The first-order valence-corrected chi connectivity index (χ1v) is 7.72. The molecule has 0 aromatic heterocycles. The predicted molar refractivity (Wildman–Crippen MR) is 86.6 cm³/mol. The maximum absolute atomic E-state index is 6.87. The van der Waals surface area contributed by atoms with Crippen molar-refractivity contribution >= 4 is 0 Å². The van der Waals surface area contributed by atoms with Crippen LogP contribution in [0, 0.1) is 0 Å². The minimum atomic E-state index is -0.290. The van der Waals surface area contributed by atoms with Crippen LogP contribution in [-0.4, -0.2) is 7.11 Å². The SMILES string of the molecule is COc1ccccc1CC1(N)CCCCc2ccccc21. The molecule has 0 bridgehead atoms. The van der Waals surface area contributed by atoms with E-state index in [1.165, 1.54) is 29.5 Å². The number of hydrogen-bond donors (Lipinski definition) is 1. The Morgan fingerprint density at radius 2 is 1.81 bits per heavy atom. The lowest BCUT2D eigenvalue weighted by atomic mass is 9.80. The summed E-state index contributed by atoms with van der Waals surface area (Å²) in [6.07, 6.45) is 5.40. The first-order chi connectivity index (χ1) is 10.2. The summed E-state index contributed by atoms with van der Waals surface area (Å²) in [5.41, 5.74) is 10.5. The van der Waals surface area contributed by atoms with Crippen molar-refractivity contribution in [1.82, 2.24) is 0 Å². The second-order valence-electron chi connectivity index (χ2n) is 6.01. The van der Waals surface area contributed by atoms with Crippen molar-refractivity contribution in [2.45, 2.75) is 37.6 Å². The molecule has 0 spiro atoms. The van der Waals surface area contributed by atoms with Crippen molar-refractivity contribution in [3.63, 3.8) is 0 Å². The van der Waals surface area contributed by atoms with E-state index in [0.29, 0.717) is 0 Å². The smallest absolute Gasteiger partial charge is 0.122 e. The van der Waals surface area contributed by atoms with Crippen LogP contribution in [-0.2, 0) is 18.4 Å². The zero-order valence-corrected chi connectivity index (χ0v) is 12.6. The van der Waals surface area contributed by atoms with Gasteiger partial charge in [0.1, 0.15) is 5.75 Å². The quantitative estimate of drug-likeness (QED) is 0.868. The molecule has 0 heterocycles. The minimum Gasteiger partial charge on any atom is -0.496 e. The highest BCUT2D eigenvalue weighted by atomic mass is 16.5. The zero-order chi connectivity index (χ0) is 14.7. The molecular formula is C19H23NO. The van der Waals surface area contributed by atoms with Crippen LogP contribution in [0.25, 0.3) is 0 Å². The largest absolute Gasteiger partial charge is 0.496 e. The molecule has 21 heavy (non-hydrogen) atoms. The molecule has 2 nitrogen and oxygen atoms in total. The maximum atomic E-state index is 6.87. The van der Waals surface area contributed by atoms with Gasteiger partial charge in [-0.1, -0.05) is 48.9 Å². The van der Waals surface area contributed by atoms with E-state index in [2.05, 4.69) is 36.4 Å². The van der Waals surface area contributed by atoms with Gasteiger partial charge in [0.25, 0.3) is 0 Å². The van der Waals surface area contributed by atoms with Gasteiger partial charge in [-0.05, 0) is 48.4 Å². The first kappa shape index (κ1) is 14.2. The average molecular weight is 281 g/mol. The third-order valence-electron chi connectivity index (χ3n) is 4.57. The van der Waals surface area contributed by atoms with Crippen LogP contribution in [0.2, 0.25) is 0 Å². The number of fused-ring (bicyclic) bond motifs is 1. The molecule has 1 atom stereocenters. The fourth-order valence-electron chi connectivity index (χ4n) is 3.49. The van der Waals surface area contributed by atoms with Gasteiger partial charge in [0, 0.05) is 5.54 Å². The highest BCUT2D eigenvalue weighted by molar-refractivity contribution is 5.40. The number of methoxy groups -OCH3 is 1. The molecular weight excluding hydrogens is 258 g/mol. The van der Waals surface area contributed by atoms with E-state index in [0.717, 1.165) is 25.0 Å². The number of para-hydroxylation sites is 1. The average Bonchev–Trinajstić information content (AvgIpc) is 2.68. The second kappa shape index (κ2) is 5.90. The van der Waals surface area contributed by atoms with Gasteiger partial charge in [-0.25, -0.2) is 0 Å². The van der Waals surface area contributed by atoms with Gasteiger partial charge in [-0.15, -0.1) is 0 Å². The molecule has 0 saturated heterocycles. The summed E-state index contributed by atoms with van der Waals surface area (Å²) in [6.45, 7) is 0. The lowest BCUT2D eigenvalue weighted by Gasteiger charge is -2.31. The number of nitrogens with two attached hydrogens (primary N) is 1. The van der Waals surface area contributed by atoms with Crippen LogP contribution < -0.4 is 10.5 Å². The van der Waals surface area contributed by atoms with Crippen LogP contribution in [0.3, 0.4) is 0 Å². The van der Waals surface area contributed by atoms with E-state index in [9.17, 15) is 0 Å². The molecule has 1 aliphatic rings. The van der Waals surface area contributed by atoms with E-state index in [-0.39, 0.29) is 5.54 Å². The van der Waals surface area contributed by atoms with Crippen LogP contribution >= 0.6 is 0 Å². The number of aryl methyl sites for hydroxylation is 1. The van der Waals surface area contributed by atoms with Crippen LogP contribution in [0.15, 0.2) is 48.5 Å². The van der Waals surface area contributed by atoms with Crippen molar-refractivity contribution in [3.05, 3.63) is 65.2 Å². The van der Waals surface area contributed by atoms with E-state index in [4.69, 9.17) is 10.5 Å². The molecule has 1 unspecified atom stereocenters. The monoisotopic (exact) mass is 281 g/mol. The third-order valence-corrected chi connectivity index (χ3v) is 4.57. The Morgan fingerprint density at radius 3 is 2.67 bits per heavy atom. The zero-order valence-electron chi connectivity index (χ0n) is 12.6. The van der Waals surface area contributed by atoms with Crippen LogP contribution in [0.4, 0.5) is 0 Å². The maximum Gasteiger partial charge on any atom is 0.122 e. The summed E-state index contributed by atoms with van der Waals surface area (Å²) in [5, 5.41) is 0. The number of ether oxygens (including phenoxy) is 1. The van der Waals surface area contributed by atoms with Gasteiger partial charge in [-0.2, -0.15) is 0 Å². The summed E-state index contributed by atoms with van der Waals surface area (Å²) in [6, 6.07) is 16.9. The third kappa shape index (κ3) is 2.81. The number of benzene rings is 2. The predicted octanol–water partition coefficient (Wildman–Crippen LogP) is 3.82. The Labute approximate surface area is 126 Å². The number of rotatable bonds is 3. The lowest BCUT2D eigenvalue weighted by molar-refractivity contribution is 0.375. The van der Waals surface area contributed by atoms with Crippen LogP contribution in [0.1, 0.15) is 36.0 Å². The Morgan fingerprint density at radius 1 is 1.05 bits per heavy atom. The molecule has 2 heteroatoms. The van der Waals surface area contributed by atoms with E-state index in [1.807, 2.05) is 12.1 Å². The van der Waals surface area contributed by atoms with Crippen molar-refractivity contribution in [1.29, 1.82) is 0 Å². The Balaban J connectivity index is 2.00. The van der Waals surface area contributed by atoms with E-state index < -0.39 is 0 Å². The molecule has 2 N–H and O–H groups in total. The molecule has 1 aliphatic carbocycles. The molecule has 0 radical (unpaired) electrons. The molecule has 0 saturated carbocycles. The number of hydrogen-bond acceptors (Lipinski definition) is 2. The lowest BCUT2D eigenvalue weighted by Crippen LogP contribution is -2.39. The molecule has 110 valence electrons. The van der Waals surface area contributed by atoms with Crippen molar-refractivity contribution in [3.8, 4) is 5.75 Å². The normalized spacial score (nSPS) is 21.4.